The second-order valence-corrected chi connectivity index (χ2v) is 6.64. The molecule has 2 heterocycles. The second-order valence-electron chi connectivity index (χ2n) is 5.73. The highest BCUT2D eigenvalue weighted by atomic mass is 79.9. The minimum Gasteiger partial charge on any atom is -0.343 e. The normalized spacial score (nSPS) is 25.9. The highest BCUT2D eigenvalue weighted by molar-refractivity contribution is 9.10. The lowest BCUT2D eigenvalue weighted by Gasteiger charge is -2.39. The molecule has 0 aromatic carbocycles. The van der Waals surface area contributed by atoms with Gasteiger partial charge in [-0.2, -0.15) is 0 Å². The number of aromatic nitrogens is 1. The van der Waals surface area contributed by atoms with Gasteiger partial charge < -0.3 is 10.2 Å². The van der Waals surface area contributed by atoms with Gasteiger partial charge in [0.25, 0.3) is 0 Å². The first-order valence-corrected chi connectivity index (χ1v) is 8.09. The fraction of sp³-hybridized carbons (Fsp3) is 0.533. The molecule has 0 radical (unpaired) electrons. The summed E-state index contributed by atoms with van der Waals surface area (Å²) in [5.74, 6) is 0.327. The van der Waals surface area contributed by atoms with Gasteiger partial charge in [0.05, 0.1) is 0 Å². The van der Waals surface area contributed by atoms with Crippen molar-refractivity contribution in [2.45, 2.75) is 44.8 Å². The van der Waals surface area contributed by atoms with Crippen molar-refractivity contribution in [3.8, 4) is 0 Å². The van der Waals surface area contributed by atoms with Crippen LogP contribution in [0.5, 0.6) is 0 Å². The van der Waals surface area contributed by atoms with E-state index in [2.05, 4.69) is 26.2 Å². The van der Waals surface area contributed by atoms with Crippen molar-refractivity contribution in [1.82, 2.24) is 15.2 Å². The van der Waals surface area contributed by atoms with E-state index in [1.165, 1.54) is 0 Å². The van der Waals surface area contributed by atoms with Crippen LogP contribution in [-0.4, -0.2) is 33.8 Å². The Morgan fingerprint density at radius 3 is 2.76 bits per heavy atom. The van der Waals surface area contributed by atoms with E-state index < -0.39 is 6.04 Å². The Bertz CT molecular complexity index is 574. The number of hydrogen-bond donors (Lipinski definition) is 1. The molecule has 1 saturated carbocycles. The number of halogens is 1. The minimum atomic E-state index is -0.396. The average molecular weight is 352 g/mol. The predicted molar refractivity (Wildman–Crippen MR) is 81.2 cm³/mol. The van der Waals surface area contributed by atoms with Crippen LogP contribution in [0.3, 0.4) is 0 Å². The number of hydrogen-bond acceptors (Lipinski definition) is 3. The number of nitrogens with one attached hydrogen (secondary N) is 1. The van der Waals surface area contributed by atoms with E-state index in [0.717, 1.165) is 22.9 Å². The molecule has 5 nitrogen and oxygen atoms in total. The van der Waals surface area contributed by atoms with Gasteiger partial charge in [-0.1, -0.05) is 6.92 Å². The van der Waals surface area contributed by atoms with Crippen molar-refractivity contribution in [3.63, 3.8) is 0 Å². The fourth-order valence-electron chi connectivity index (χ4n) is 2.87. The van der Waals surface area contributed by atoms with Crippen molar-refractivity contribution in [2.24, 2.45) is 5.92 Å². The zero-order chi connectivity index (χ0) is 15.0. The van der Waals surface area contributed by atoms with E-state index in [-0.39, 0.29) is 17.9 Å². The summed E-state index contributed by atoms with van der Waals surface area (Å²) in [5.41, 5.74) is 0.938. The molecular weight excluding hydrogens is 334 g/mol. The first-order valence-electron chi connectivity index (χ1n) is 7.30. The monoisotopic (exact) mass is 351 g/mol. The van der Waals surface area contributed by atoms with Gasteiger partial charge in [-0.15, -0.1) is 0 Å². The molecule has 112 valence electrons. The average Bonchev–Trinajstić information content (AvgIpc) is 3.27. The van der Waals surface area contributed by atoms with Gasteiger partial charge in [-0.25, -0.2) is 0 Å². The lowest BCUT2D eigenvalue weighted by atomic mass is 10.0. The molecule has 1 N–H and O–H groups in total. The minimum absolute atomic E-state index is 0.00749. The van der Waals surface area contributed by atoms with E-state index >= 15 is 0 Å². The maximum absolute atomic E-state index is 12.6. The third-order valence-corrected chi connectivity index (χ3v) is 4.53. The van der Waals surface area contributed by atoms with Crippen molar-refractivity contribution in [3.05, 3.63) is 28.5 Å². The summed E-state index contributed by atoms with van der Waals surface area (Å²) in [7, 11) is 0. The lowest BCUT2D eigenvalue weighted by Crippen LogP contribution is -2.63. The Labute approximate surface area is 132 Å². The molecule has 1 saturated heterocycles. The number of rotatable bonds is 4. The molecular formula is C15H18BrN3O2. The summed E-state index contributed by atoms with van der Waals surface area (Å²) >= 11 is 3.39. The fourth-order valence-corrected chi connectivity index (χ4v) is 3.28. The summed E-state index contributed by atoms with van der Waals surface area (Å²) in [4.78, 5) is 30.8. The summed E-state index contributed by atoms with van der Waals surface area (Å²) in [6.45, 7) is 2.36. The first kappa shape index (κ1) is 14.5. The zero-order valence-corrected chi connectivity index (χ0v) is 13.5. The van der Waals surface area contributed by atoms with Gasteiger partial charge in [0.1, 0.15) is 12.1 Å². The van der Waals surface area contributed by atoms with Crippen LogP contribution in [-0.2, 0) is 16.1 Å². The lowest BCUT2D eigenvalue weighted by molar-refractivity contribution is -0.151. The van der Waals surface area contributed by atoms with Gasteiger partial charge in [0.2, 0.25) is 11.8 Å². The molecule has 0 bridgehead atoms. The van der Waals surface area contributed by atoms with Crippen LogP contribution >= 0.6 is 15.9 Å². The Balaban J connectivity index is 1.86. The molecule has 2 unspecified atom stereocenters. The number of nitrogens with zero attached hydrogens (tertiary/aromatic N) is 2. The highest BCUT2D eigenvalue weighted by Crippen LogP contribution is 2.37. The van der Waals surface area contributed by atoms with Gasteiger partial charge >= 0.3 is 0 Å². The highest BCUT2D eigenvalue weighted by Gasteiger charge is 2.47. The number of amides is 2. The van der Waals surface area contributed by atoms with Crippen LogP contribution in [0.4, 0.5) is 0 Å². The van der Waals surface area contributed by atoms with Crippen LogP contribution in [0.2, 0.25) is 0 Å². The van der Waals surface area contributed by atoms with Gasteiger partial charge in [0.15, 0.2) is 0 Å². The van der Waals surface area contributed by atoms with Crippen molar-refractivity contribution in [2.75, 3.05) is 0 Å². The Morgan fingerprint density at radius 2 is 2.14 bits per heavy atom. The molecule has 2 aliphatic rings. The maximum atomic E-state index is 12.6. The summed E-state index contributed by atoms with van der Waals surface area (Å²) in [6.07, 6.45) is 6.12. The molecule has 2 fully saturated rings. The third kappa shape index (κ3) is 2.95. The molecule has 1 aromatic heterocycles. The van der Waals surface area contributed by atoms with E-state index in [1.54, 1.807) is 17.3 Å². The second kappa shape index (κ2) is 5.75. The standard InChI is InChI=1S/C15H18BrN3O2/c1-2-12-15(21)19(8-9-5-11(16)7-17-6-9)13(10-3-4-10)14(20)18-12/h5-7,10,12-13H,2-4,8H2,1H3,(H,18,20). The number of piperazine rings is 1. The molecule has 2 amide bonds. The Hall–Kier alpha value is -1.43. The van der Waals surface area contributed by atoms with E-state index in [1.807, 2.05) is 13.0 Å². The van der Waals surface area contributed by atoms with Crippen molar-refractivity contribution in [1.29, 1.82) is 0 Å². The van der Waals surface area contributed by atoms with Crippen molar-refractivity contribution >= 4 is 27.7 Å². The van der Waals surface area contributed by atoms with Crippen LogP contribution in [0.15, 0.2) is 22.9 Å². The first-order chi connectivity index (χ1) is 10.1. The van der Waals surface area contributed by atoms with Crippen molar-refractivity contribution < 1.29 is 9.59 Å². The van der Waals surface area contributed by atoms with Crippen LogP contribution in [0.25, 0.3) is 0 Å². The van der Waals surface area contributed by atoms with E-state index in [9.17, 15) is 9.59 Å². The number of pyridine rings is 1. The molecule has 1 aliphatic heterocycles. The summed E-state index contributed by atoms with van der Waals surface area (Å²) in [6, 6.07) is 1.23. The van der Waals surface area contributed by atoms with Gasteiger partial charge in [-0.05, 0) is 52.7 Å². The van der Waals surface area contributed by atoms with E-state index in [0.29, 0.717) is 18.9 Å². The Kier molecular flexibility index (Phi) is 3.97. The number of carbonyl (C=O) groups is 2. The Morgan fingerprint density at radius 1 is 1.38 bits per heavy atom. The molecule has 1 aliphatic carbocycles. The van der Waals surface area contributed by atoms with Gasteiger partial charge in [0, 0.05) is 23.4 Å². The number of carbonyl (C=O) groups excluding carboxylic acids is 2. The smallest absolute Gasteiger partial charge is 0.246 e. The van der Waals surface area contributed by atoms with E-state index in [4.69, 9.17) is 0 Å². The SMILES string of the molecule is CCC1NC(=O)C(C2CC2)N(Cc2cncc(Br)c2)C1=O. The molecule has 1 aromatic rings. The maximum Gasteiger partial charge on any atom is 0.246 e. The summed E-state index contributed by atoms with van der Waals surface area (Å²) in [5, 5.41) is 2.86. The molecule has 3 rings (SSSR count). The zero-order valence-electron chi connectivity index (χ0n) is 11.9. The molecule has 6 heteroatoms. The van der Waals surface area contributed by atoms with Crippen LogP contribution in [0, 0.1) is 5.92 Å². The molecule has 2 atom stereocenters. The van der Waals surface area contributed by atoms with Crippen LogP contribution in [0.1, 0.15) is 31.7 Å². The topological polar surface area (TPSA) is 62.3 Å². The molecule has 0 spiro atoms. The van der Waals surface area contributed by atoms with Crippen LogP contribution < -0.4 is 5.32 Å². The summed E-state index contributed by atoms with van der Waals surface area (Å²) < 4.78 is 0.879. The third-order valence-electron chi connectivity index (χ3n) is 4.09. The molecule has 21 heavy (non-hydrogen) atoms. The van der Waals surface area contributed by atoms with Gasteiger partial charge in [-0.3, -0.25) is 14.6 Å². The quantitative estimate of drug-likeness (QED) is 0.900. The predicted octanol–water partition coefficient (Wildman–Crippen LogP) is 1.86. The largest absolute Gasteiger partial charge is 0.343 e.